The van der Waals surface area contributed by atoms with Gasteiger partial charge in [-0.15, -0.1) is 5.10 Å². The summed E-state index contributed by atoms with van der Waals surface area (Å²) in [6.45, 7) is 1.48. The van der Waals surface area contributed by atoms with Gasteiger partial charge in [0.2, 0.25) is 5.82 Å². The molecule has 0 radical (unpaired) electrons. The van der Waals surface area contributed by atoms with Crippen molar-refractivity contribution in [2.45, 2.75) is 13.0 Å². The minimum Gasteiger partial charge on any atom is -0.387 e. The molecule has 1 aromatic heterocycles. The fourth-order valence-electron chi connectivity index (χ4n) is 0.886. The van der Waals surface area contributed by atoms with Crippen molar-refractivity contribution in [2.24, 2.45) is 5.73 Å². The molecule has 72 valence electrons. The molecule has 1 aromatic rings. The molecule has 0 aliphatic heterocycles. The Kier molecular flexibility index (Phi) is 3.78. The zero-order valence-electron chi connectivity index (χ0n) is 7.43. The molecule has 6 heteroatoms. The summed E-state index contributed by atoms with van der Waals surface area (Å²) in [7, 11) is 1.67. The summed E-state index contributed by atoms with van der Waals surface area (Å²) in [6, 6.07) is 0. The predicted molar refractivity (Wildman–Crippen MR) is 52.4 cm³/mol. The molecule has 5 nitrogen and oxygen atoms in total. The number of nitrogens with two attached hydrogens (primary N) is 1. The van der Waals surface area contributed by atoms with Gasteiger partial charge in [0.15, 0.2) is 0 Å². The summed E-state index contributed by atoms with van der Waals surface area (Å²) >= 11 is 4.73. The molecule has 0 aliphatic rings. The van der Waals surface area contributed by atoms with Gasteiger partial charge in [-0.1, -0.05) is 12.2 Å². The van der Waals surface area contributed by atoms with Gasteiger partial charge in [-0.3, -0.25) is 4.68 Å². The normalized spacial score (nSPS) is 10.2. The van der Waals surface area contributed by atoms with Crippen LogP contribution >= 0.6 is 12.2 Å². The predicted octanol–water partition coefficient (Wildman–Crippen LogP) is -0.0512. The summed E-state index contributed by atoms with van der Waals surface area (Å²) in [5.41, 5.74) is 5.35. The van der Waals surface area contributed by atoms with Gasteiger partial charge in [0.25, 0.3) is 0 Å². The van der Waals surface area contributed by atoms with Gasteiger partial charge in [-0.05, 0) is 6.42 Å². The Bertz CT molecular complexity index is 286. The summed E-state index contributed by atoms with van der Waals surface area (Å²) in [6.07, 6.45) is 2.51. The van der Waals surface area contributed by atoms with E-state index in [2.05, 4.69) is 10.1 Å². The molecule has 0 aliphatic carbocycles. The molecule has 0 bridgehead atoms. The van der Waals surface area contributed by atoms with Crippen LogP contribution in [0.25, 0.3) is 0 Å². The zero-order chi connectivity index (χ0) is 9.68. The third kappa shape index (κ3) is 3.08. The van der Waals surface area contributed by atoms with E-state index in [0.29, 0.717) is 12.4 Å². The molecule has 0 atom stereocenters. The number of aryl methyl sites for hydroxylation is 1. The maximum absolute atomic E-state index is 5.35. The fourth-order valence-corrected chi connectivity index (χ4v) is 0.980. The van der Waals surface area contributed by atoms with Crippen molar-refractivity contribution in [2.75, 3.05) is 13.7 Å². The molecule has 1 heterocycles. The third-order valence-corrected chi connectivity index (χ3v) is 1.68. The first-order chi connectivity index (χ1) is 6.24. The molecule has 0 spiro atoms. The Morgan fingerprint density at radius 3 is 3.08 bits per heavy atom. The quantitative estimate of drug-likeness (QED) is 0.533. The largest absolute Gasteiger partial charge is 0.387 e. The van der Waals surface area contributed by atoms with Crippen molar-refractivity contribution in [3.05, 3.63) is 12.2 Å². The number of hydrogen-bond acceptors (Lipinski definition) is 4. The second-order valence-electron chi connectivity index (χ2n) is 2.54. The lowest BCUT2D eigenvalue weighted by atomic mass is 10.5. The van der Waals surface area contributed by atoms with E-state index in [0.717, 1.165) is 13.0 Å². The maximum Gasteiger partial charge on any atom is 0.208 e. The van der Waals surface area contributed by atoms with E-state index in [1.807, 2.05) is 0 Å². The average Bonchev–Trinajstić information content (AvgIpc) is 2.53. The van der Waals surface area contributed by atoms with Crippen LogP contribution < -0.4 is 5.73 Å². The molecule has 0 unspecified atom stereocenters. The number of ether oxygens (including phenoxy) is 1. The monoisotopic (exact) mass is 200 g/mol. The van der Waals surface area contributed by atoms with Crippen LogP contribution in [0.5, 0.6) is 0 Å². The molecule has 2 N–H and O–H groups in total. The van der Waals surface area contributed by atoms with Crippen LogP contribution in [0.1, 0.15) is 12.2 Å². The number of methoxy groups -OCH3 is 1. The second-order valence-corrected chi connectivity index (χ2v) is 2.98. The van der Waals surface area contributed by atoms with Gasteiger partial charge in [0.05, 0.1) is 0 Å². The standard InChI is InChI=1S/C7H12N4OS/c1-12-4-2-3-11-5-9-7(10-11)6(8)13/h5H,2-4H2,1H3,(H2,8,13). The van der Waals surface area contributed by atoms with Crippen molar-refractivity contribution < 1.29 is 4.74 Å². The summed E-state index contributed by atoms with van der Waals surface area (Å²) in [5.74, 6) is 0.424. The van der Waals surface area contributed by atoms with Crippen molar-refractivity contribution in [3.63, 3.8) is 0 Å². The SMILES string of the molecule is COCCCn1cnc(C(N)=S)n1. The first kappa shape index (κ1) is 10.1. The number of nitrogens with zero attached hydrogens (tertiary/aromatic N) is 3. The van der Waals surface area contributed by atoms with E-state index in [9.17, 15) is 0 Å². The van der Waals surface area contributed by atoms with Crippen LogP contribution in [0, 0.1) is 0 Å². The van der Waals surface area contributed by atoms with E-state index in [4.69, 9.17) is 22.7 Å². The Morgan fingerprint density at radius 2 is 2.54 bits per heavy atom. The van der Waals surface area contributed by atoms with Crippen LogP contribution in [-0.4, -0.2) is 33.5 Å². The highest BCUT2D eigenvalue weighted by molar-refractivity contribution is 7.80. The van der Waals surface area contributed by atoms with Gasteiger partial charge in [-0.2, -0.15) is 0 Å². The summed E-state index contributed by atoms with van der Waals surface area (Å²) < 4.78 is 6.61. The highest BCUT2D eigenvalue weighted by atomic mass is 32.1. The molecule has 0 amide bonds. The minimum absolute atomic E-state index is 0.227. The van der Waals surface area contributed by atoms with E-state index >= 15 is 0 Å². The molecular formula is C7H12N4OS. The van der Waals surface area contributed by atoms with Crippen molar-refractivity contribution in [1.29, 1.82) is 0 Å². The van der Waals surface area contributed by atoms with Gasteiger partial charge >= 0.3 is 0 Å². The lowest BCUT2D eigenvalue weighted by molar-refractivity contribution is 0.189. The number of rotatable bonds is 5. The van der Waals surface area contributed by atoms with Crippen LogP contribution in [0.4, 0.5) is 0 Å². The molecule has 0 saturated heterocycles. The van der Waals surface area contributed by atoms with E-state index in [1.165, 1.54) is 0 Å². The van der Waals surface area contributed by atoms with Gasteiger partial charge in [0.1, 0.15) is 11.3 Å². The van der Waals surface area contributed by atoms with Crippen molar-refractivity contribution >= 4 is 17.2 Å². The first-order valence-electron chi connectivity index (χ1n) is 3.92. The van der Waals surface area contributed by atoms with Crippen LogP contribution in [0.2, 0.25) is 0 Å². The molecule has 0 fully saturated rings. The number of hydrogen-bond donors (Lipinski definition) is 1. The third-order valence-electron chi connectivity index (χ3n) is 1.49. The average molecular weight is 200 g/mol. The summed E-state index contributed by atoms with van der Waals surface area (Å²) in [5, 5.41) is 4.07. The number of aromatic nitrogens is 3. The molecule has 13 heavy (non-hydrogen) atoms. The lowest BCUT2D eigenvalue weighted by Crippen LogP contribution is -2.12. The zero-order valence-corrected chi connectivity index (χ0v) is 8.25. The Labute approximate surface area is 81.9 Å². The molecule has 1 rings (SSSR count). The van der Waals surface area contributed by atoms with Crippen LogP contribution in [-0.2, 0) is 11.3 Å². The topological polar surface area (TPSA) is 66.0 Å². The van der Waals surface area contributed by atoms with Crippen molar-refractivity contribution in [3.8, 4) is 0 Å². The number of thiocarbonyl (C=S) groups is 1. The van der Waals surface area contributed by atoms with Gasteiger partial charge in [0, 0.05) is 20.3 Å². The first-order valence-corrected chi connectivity index (χ1v) is 4.33. The van der Waals surface area contributed by atoms with Gasteiger partial charge < -0.3 is 10.5 Å². The smallest absolute Gasteiger partial charge is 0.208 e. The van der Waals surface area contributed by atoms with E-state index < -0.39 is 0 Å². The van der Waals surface area contributed by atoms with Crippen molar-refractivity contribution in [1.82, 2.24) is 14.8 Å². The van der Waals surface area contributed by atoms with Gasteiger partial charge in [-0.25, -0.2) is 4.98 Å². The minimum atomic E-state index is 0.227. The van der Waals surface area contributed by atoms with Crippen LogP contribution in [0.15, 0.2) is 6.33 Å². The molecule has 0 aromatic carbocycles. The lowest BCUT2D eigenvalue weighted by Gasteiger charge is -1.98. The highest BCUT2D eigenvalue weighted by Crippen LogP contribution is 1.92. The van der Waals surface area contributed by atoms with Crippen LogP contribution in [0.3, 0.4) is 0 Å². The van der Waals surface area contributed by atoms with E-state index in [-0.39, 0.29) is 4.99 Å². The highest BCUT2D eigenvalue weighted by Gasteiger charge is 2.02. The fraction of sp³-hybridized carbons (Fsp3) is 0.571. The Morgan fingerprint density at radius 1 is 1.77 bits per heavy atom. The van der Waals surface area contributed by atoms with E-state index in [1.54, 1.807) is 18.1 Å². The Balaban J connectivity index is 2.44. The maximum atomic E-state index is 5.35. The summed E-state index contributed by atoms with van der Waals surface area (Å²) in [4.78, 5) is 4.17. The molecule has 0 saturated carbocycles. The molecular weight excluding hydrogens is 188 g/mol. The Hall–Kier alpha value is -1.01. The second kappa shape index (κ2) is 4.88.